The molecular formula is C14H23N5O2. The largest absolute Gasteiger partial charge is 0.364 e. The minimum atomic E-state index is -0.414. The molecule has 21 heavy (non-hydrogen) atoms. The number of rotatable bonds is 7. The summed E-state index contributed by atoms with van der Waals surface area (Å²) in [5, 5.41) is 17.4. The third kappa shape index (κ3) is 3.22. The van der Waals surface area contributed by atoms with Crippen molar-refractivity contribution in [2.45, 2.75) is 40.5 Å². The van der Waals surface area contributed by atoms with Crippen LogP contribution in [0.4, 0.5) is 17.5 Å². The predicted octanol–water partition coefficient (Wildman–Crippen LogP) is 2.97. The van der Waals surface area contributed by atoms with E-state index in [0.717, 1.165) is 12.8 Å². The highest BCUT2D eigenvalue weighted by Crippen LogP contribution is 2.51. The highest BCUT2D eigenvalue weighted by Gasteiger charge is 2.45. The normalized spacial score (nSPS) is 15.9. The van der Waals surface area contributed by atoms with E-state index < -0.39 is 4.92 Å². The van der Waals surface area contributed by atoms with E-state index in [1.54, 1.807) is 6.92 Å². The van der Waals surface area contributed by atoms with Gasteiger partial charge in [-0.3, -0.25) is 10.1 Å². The van der Waals surface area contributed by atoms with Crippen LogP contribution in [0.2, 0.25) is 0 Å². The molecule has 0 radical (unpaired) electrons. The minimum absolute atomic E-state index is 0.0313. The average molecular weight is 293 g/mol. The van der Waals surface area contributed by atoms with Crippen LogP contribution in [0.5, 0.6) is 0 Å². The van der Waals surface area contributed by atoms with E-state index in [1.807, 2.05) is 6.92 Å². The maximum Gasteiger partial charge on any atom is 0.332 e. The molecule has 7 nitrogen and oxygen atoms in total. The van der Waals surface area contributed by atoms with Gasteiger partial charge in [-0.15, -0.1) is 0 Å². The second-order valence-electron chi connectivity index (χ2n) is 5.99. The maximum absolute atomic E-state index is 11.3. The lowest BCUT2D eigenvalue weighted by molar-refractivity contribution is -0.385. The maximum atomic E-state index is 11.3. The van der Waals surface area contributed by atoms with Crippen LogP contribution < -0.4 is 10.6 Å². The Morgan fingerprint density at radius 2 is 2.00 bits per heavy atom. The zero-order valence-electron chi connectivity index (χ0n) is 13.1. The van der Waals surface area contributed by atoms with Gasteiger partial charge in [0.15, 0.2) is 0 Å². The molecular weight excluding hydrogens is 270 g/mol. The molecule has 7 heteroatoms. The smallest absolute Gasteiger partial charge is 0.332 e. The lowest BCUT2D eigenvalue weighted by atomic mass is 9.92. The highest BCUT2D eigenvalue weighted by atomic mass is 16.6. The molecule has 0 unspecified atom stereocenters. The summed E-state index contributed by atoms with van der Waals surface area (Å²) >= 11 is 0. The lowest BCUT2D eigenvalue weighted by Gasteiger charge is -2.20. The molecule has 0 atom stereocenters. The van der Waals surface area contributed by atoms with E-state index in [4.69, 9.17) is 0 Å². The van der Waals surface area contributed by atoms with Crippen LogP contribution in [0.1, 0.15) is 39.3 Å². The van der Waals surface area contributed by atoms with Crippen LogP contribution in [-0.4, -0.2) is 28.0 Å². The van der Waals surface area contributed by atoms with Gasteiger partial charge in [-0.05, 0) is 38.0 Å². The van der Waals surface area contributed by atoms with Crippen molar-refractivity contribution < 1.29 is 4.92 Å². The number of nitro groups is 1. The summed E-state index contributed by atoms with van der Waals surface area (Å²) in [6.45, 7) is 9.35. The van der Waals surface area contributed by atoms with Gasteiger partial charge in [-0.1, -0.05) is 13.8 Å². The molecule has 2 N–H and O–H groups in total. The first kappa shape index (κ1) is 15.5. The number of nitrogens with one attached hydrogen (secondary N) is 2. The SMILES string of the molecule is CCNc1nc(C)c([N+](=O)[O-])c(NCC2(C(C)C)CC2)n1. The summed E-state index contributed by atoms with van der Waals surface area (Å²) in [6, 6.07) is 0. The Morgan fingerprint density at radius 3 is 2.48 bits per heavy atom. The molecule has 0 aromatic carbocycles. The van der Waals surface area contributed by atoms with Gasteiger partial charge in [-0.25, -0.2) is 4.98 Å². The zero-order valence-corrected chi connectivity index (χ0v) is 13.1. The number of anilines is 2. The van der Waals surface area contributed by atoms with E-state index in [1.165, 1.54) is 0 Å². The van der Waals surface area contributed by atoms with Gasteiger partial charge in [0.25, 0.3) is 0 Å². The monoisotopic (exact) mass is 293 g/mol. The summed E-state index contributed by atoms with van der Waals surface area (Å²) in [4.78, 5) is 19.2. The van der Waals surface area contributed by atoms with Crippen LogP contribution in [0.15, 0.2) is 0 Å². The Labute approximate surface area is 124 Å². The molecule has 1 aliphatic rings. The topological polar surface area (TPSA) is 93.0 Å². The fourth-order valence-corrected chi connectivity index (χ4v) is 2.52. The number of aryl methyl sites for hydroxylation is 1. The Balaban J connectivity index is 2.25. The first-order valence-electron chi connectivity index (χ1n) is 7.40. The van der Waals surface area contributed by atoms with Gasteiger partial charge in [-0.2, -0.15) is 4.98 Å². The predicted molar refractivity (Wildman–Crippen MR) is 82.6 cm³/mol. The summed E-state index contributed by atoms with van der Waals surface area (Å²) in [7, 11) is 0. The van der Waals surface area contributed by atoms with Crippen LogP contribution >= 0.6 is 0 Å². The first-order valence-corrected chi connectivity index (χ1v) is 7.40. The second-order valence-corrected chi connectivity index (χ2v) is 5.99. The second kappa shape index (κ2) is 5.83. The fourth-order valence-electron chi connectivity index (χ4n) is 2.52. The van der Waals surface area contributed by atoms with E-state index in [2.05, 4.69) is 34.4 Å². The van der Waals surface area contributed by atoms with Crippen molar-refractivity contribution in [2.75, 3.05) is 23.7 Å². The summed E-state index contributed by atoms with van der Waals surface area (Å²) in [6.07, 6.45) is 2.32. The molecule has 0 spiro atoms. The lowest BCUT2D eigenvalue weighted by Crippen LogP contribution is -2.22. The van der Waals surface area contributed by atoms with Crippen molar-refractivity contribution in [1.82, 2.24) is 9.97 Å². The molecule has 1 aliphatic carbocycles. The molecule has 116 valence electrons. The third-order valence-electron chi connectivity index (χ3n) is 4.30. The molecule has 0 bridgehead atoms. The van der Waals surface area contributed by atoms with Crippen molar-refractivity contribution in [3.05, 3.63) is 15.8 Å². The van der Waals surface area contributed by atoms with Gasteiger partial charge in [0.2, 0.25) is 11.8 Å². The van der Waals surface area contributed by atoms with Crippen LogP contribution in [0, 0.1) is 28.4 Å². The number of hydrogen-bond donors (Lipinski definition) is 2. The molecule has 2 rings (SSSR count). The zero-order chi connectivity index (χ0) is 15.6. The number of aromatic nitrogens is 2. The van der Waals surface area contributed by atoms with E-state index in [9.17, 15) is 10.1 Å². The molecule has 1 fully saturated rings. The Bertz CT molecular complexity index is 540. The first-order chi connectivity index (χ1) is 9.89. The van der Waals surface area contributed by atoms with E-state index in [0.29, 0.717) is 36.5 Å². The highest BCUT2D eigenvalue weighted by molar-refractivity contribution is 5.61. The summed E-state index contributed by atoms with van der Waals surface area (Å²) in [5.74, 6) is 1.30. The molecule has 1 saturated carbocycles. The van der Waals surface area contributed by atoms with Gasteiger partial charge >= 0.3 is 5.69 Å². The van der Waals surface area contributed by atoms with Crippen molar-refractivity contribution >= 4 is 17.5 Å². The summed E-state index contributed by atoms with van der Waals surface area (Å²) < 4.78 is 0. The van der Waals surface area contributed by atoms with Crippen molar-refractivity contribution in [1.29, 1.82) is 0 Å². The van der Waals surface area contributed by atoms with Gasteiger partial charge in [0.1, 0.15) is 5.69 Å². The van der Waals surface area contributed by atoms with Crippen molar-refractivity contribution in [2.24, 2.45) is 11.3 Å². The number of hydrogen-bond acceptors (Lipinski definition) is 6. The Morgan fingerprint density at radius 1 is 1.33 bits per heavy atom. The average Bonchev–Trinajstić information content (AvgIpc) is 3.16. The standard InChI is InChI=1S/C14H23N5O2/c1-5-15-13-17-10(4)11(19(20)21)12(18-13)16-8-14(6-7-14)9(2)3/h9H,5-8H2,1-4H3,(H2,15,16,17,18). The van der Waals surface area contributed by atoms with Gasteiger partial charge < -0.3 is 10.6 Å². The Hall–Kier alpha value is -1.92. The van der Waals surface area contributed by atoms with E-state index >= 15 is 0 Å². The number of nitrogens with zero attached hydrogens (tertiary/aromatic N) is 3. The molecule has 0 amide bonds. The van der Waals surface area contributed by atoms with Crippen molar-refractivity contribution in [3.8, 4) is 0 Å². The quantitative estimate of drug-likeness (QED) is 0.593. The van der Waals surface area contributed by atoms with E-state index in [-0.39, 0.29) is 11.1 Å². The van der Waals surface area contributed by atoms with Gasteiger partial charge in [0, 0.05) is 13.1 Å². The molecule has 0 aliphatic heterocycles. The minimum Gasteiger partial charge on any atom is -0.364 e. The molecule has 0 saturated heterocycles. The van der Waals surface area contributed by atoms with Crippen LogP contribution in [-0.2, 0) is 0 Å². The molecule has 1 heterocycles. The van der Waals surface area contributed by atoms with Crippen LogP contribution in [0.3, 0.4) is 0 Å². The fraction of sp³-hybridized carbons (Fsp3) is 0.714. The van der Waals surface area contributed by atoms with Crippen molar-refractivity contribution in [3.63, 3.8) is 0 Å². The third-order valence-corrected chi connectivity index (χ3v) is 4.30. The summed E-state index contributed by atoms with van der Waals surface area (Å²) in [5.41, 5.74) is 0.601. The molecule has 1 aromatic rings. The Kier molecular flexibility index (Phi) is 4.29. The van der Waals surface area contributed by atoms with Gasteiger partial charge in [0.05, 0.1) is 4.92 Å². The molecule has 1 aromatic heterocycles. The van der Waals surface area contributed by atoms with Crippen LogP contribution in [0.25, 0.3) is 0 Å².